The number of fused-ring (bicyclic) bond motifs is 1. The minimum absolute atomic E-state index is 0.0830. The van der Waals surface area contributed by atoms with Crippen molar-refractivity contribution in [3.63, 3.8) is 0 Å². The van der Waals surface area contributed by atoms with E-state index in [2.05, 4.69) is 4.98 Å². The highest BCUT2D eigenvalue weighted by atomic mass is 16.2. The van der Waals surface area contributed by atoms with E-state index in [1.54, 1.807) is 16.0 Å². The molecule has 2 saturated heterocycles. The molecule has 2 aliphatic rings. The highest BCUT2D eigenvalue weighted by Crippen LogP contribution is 2.28. The first kappa shape index (κ1) is 13.1. The van der Waals surface area contributed by atoms with Crippen molar-refractivity contribution in [2.75, 3.05) is 6.54 Å². The van der Waals surface area contributed by atoms with Gasteiger partial charge in [-0.2, -0.15) is 0 Å². The van der Waals surface area contributed by atoms with Crippen LogP contribution < -0.4 is 0 Å². The van der Waals surface area contributed by atoms with E-state index in [9.17, 15) is 9.59 Å². The molecule has 3 rings (SSSR count). The molecule has 2 fully saturated rings. The van der Waals surface area contributed by atoms with Crippen LogP contribution in [0.4, 0.5) is 0 Å². The molecule has 3 heterocycles. The fourth-order valence-electron chi connectivity index (χ4n) is 3.21. The zero-order chi connectivity index (χ0) is 14.1. The Morgan fingerprint density at radius 3 is 2.85 bits per heavy atom. The number of carbonyl (C=O) groups is 2. The van der Waals surface area contributed by atoms with Crippen LogP contribution >= 0.6 is 0 Å². The van der Waals surface area contributed by atoms with Gasteiger partial charge in [-0.15, -0.1) is 0 Å². The van der Waals surface area contributed by atoms with Crippen molar-refractivity contribution in [2.24, 2.45) is 0 Å². The summed E-state index contributed by atoms with van der Waals surface area (Å²) in [5.74, 6) is 0.185. The van der Waals surface area contributed by atoms with Gasteiger partial charge in [0.2, 0.25) is 11.8 Å². The summed E-state index contributed by atoms with van der Waals surface area (Å²) in [6, 6.07) is 5.07. The van der Waals surface area contributed by atoms with Crippen LogP contribution in [0, 0.1) is 0 Å². The minimum Gasteiger partial charge on any atom is -0.329 e. The van der Waals surface area contributed by atoms with Gasteiger partial charge in [0.15, 0.2) is 0 Å². The van der Waals surface area contributed by atoms with Crippen LogP contribution in [-0.4, -0.2) is 45.2 Å². The maximum atomic E-state index is 12.6. The molecule has 0 N–H and O–H groups in total. The molecule has 106 valence electrons. The summed E-state index contributed by atoms with van der Waals surface area (Å²) in [5, 5.41) is 0. The molecule has 5 nitrogen and oxygen atoms in total. The lowest BCUT2D eigenvalue weighted by molar-refractivity contribution is -0.160. The van der Waals surface area contributed by atoms with Crippen molar-refractivity contribution in [3.05, 3.63) is 30.1 Å². The summed E-state index contributed by atoms with van der Waals surface area (Å²) in [6.07, 6.45) is 4.09. The number of nitrogens with zero attached hydrogens (tertiary/aromatic N) is 3. The molecule has 1 aromatic heterocycles. The highest BCUT2D eigenvalue weighted by Gasteiger charge is 2.46. The van der Waals surface area contributed by atoms with Crippen molar-refractivity contribution >= 4 is 11.8 Å². The van der Waals surface area contributed by atoms with Crippen molar-refractivity contribution < 1.29 is 9.59 Å². The molecular weight excluding hydrogens is 254 g/mol. The van der Waals surface area contributed by atoms with Gasteiger partial charge in [0, 0.05) is 12.7 Å². The molecule has 0 aromatic carbocycles. The Bertz CT molecular complexity index is 517. The third kappa shape index (κ3) is 2.07. The van der Waals surface area contributed by atoms with E-state index in [-0.39, 0.29) is 23.9 Å². The standard InChI is InChI=1S/C15H19N3O2/c1-2-12-14(19)17-9-5-7-13(17)15(20)18(12)10-11-6-3-4-8-16-11/h3-4,6,8,12-13H,2,5,7,9-10H2,1H3. The monoisotopic (exact) mass is 273 g/mol. The Morgan fingerprint density at radius 1 is 1.30 bits per heavy atom. The Morgan fingerprint density at radius 2 is 2.15 bits per heavy atom. The molecular formula is C15H19N3O2. The maximum Gasteiger partial charge on any atom is 0.246 e. The molecule has 2 amide bonds. The first-order valence-electron chi connectivity index (χ1n) is 7.23. The van der Waals surface area contributed by atoms with Crippen LogP contribution in [0.15, 0.2) is 24.4 Å². The summed E-state index contributed by atoms with van der Waals surface area (Å²) in [4.78, 5) is 32.9. The van der Waals surface area contributed by atoms with Crippen molar-refractivity contribution in [3.8, 4) is 0 Å². The highest BCUT2D eigenvalue weighted by molar-refractivity contribution is 5.97. The second-order valence-electron chi connectivity index (χ2n) is 5.40. The fraction of sp³-hybridized carbons (Fsp3) is 0.533. The van der Waals surface area contributed by atoms with Gasteiger partial charge in [0.05, 0.1) is 12.2 Å². The Hall–Kier alpha value is -1.91. The van der Waals surface area contributed by atoms with E-state index in [0.29, 0.717) is 13.0 Å². The van der Waals surface area contributed by atoms with Gasteiger partial charge in [0.1, 0.15) is 12.1 Å². The number of hydrogen-bond donors (Lipinski definition) is 0. The lowest BCUT2D eigenvalue weighted by Gasteiger charge is -2.41. The van der Waals surface area contributed by atoms with Crippen LogP contribution in [-0.2, 0) is 16.1 Å². The first-order chi connectivity index (χ1) is 9.72. The van der Waals surface area contributed by atoms with Crippen LogP contribution in [0.1, 0.15) is 31.9 Å². The van der Waals surface area contributed by atoms with Crippen molar-refractivity contribution in [2.45, 2.75) is 44.8 Å². The summed E-state index contributed by atoms with van der Waals surface area (Å²) in [6.45, 7) is 3.11. The quantitative estimate of drug-likeness (QED) is 0.831. The number of aromatic nitrogens is 1. The van der Waals surface area contributed by atoms with E-state index >= 15 is 0 Å². The molecule has 0 aliphatic carbocycles. The summed E-state index contributed by atoms with van der Waals surface area (Å²) in [7, 11) is 0. The van der Waals surface area contributed by atoms with E-state index in [1.807, 2.05) is 25.1 Å². The van der Waals surface area contributed by atoms with Crippen LogP contribution in [0.5, 0.6) is 0 Å². The second-order valence-corrected chi connectivity index (χ2v) is 5.40. The summed E-state index contributed by atoms with van der Waals surface area (Å²) < 4.78 is 0. The lowest BCUT2D eigenvalue weighted by Crippen LogP contribution is -2.62. The van der Waals surface area contributed by atoms with Gasteiger partial charge in [-0.25, -0.2) is 0 Å². The molecule has 0 radical (unpaired) electrons. The van der Waals surface area contributed by atoms with Crippen LogP contribution in [0.25, 0.3) is 0 Å². The lowest BCUT2D eigenvalue weighted by atomic mass is 10.0. The number of pyridine rings is 1. The first-order valence-corrected chi connectivity index (χ1v) is 7.23. The van der Waals surface area contributed by atoms with Crippen molar-refractivity contribution in [1.82, 2.24) is 14.8 Å². The third-order valence-electron chi connectivity index (χ3n) is 4.21. The van der Waals surface area contributed by atoms with E-state index in [1.165, 1.54) is 0 Å². The molecule has 2 aliphatic heterocycles. The Kier molecular flexibility index (Phi) is 3.42. The predicted octanol–water partition coefficient (Wildman–Crippen LogP) is 1.19. The molecule has 0 spiro atoms. The largest absolute Gasteiger partial charge is 0.329 e. The second kappa shape index (κ2) is 5.23. The Balaban J connectivity index is 1.87. The maximum absolute atomic E-state index is 12.6. The molecule has 0 saturated carbocycles. The van der Waals surface area contributed by atoms with Crippen molar-refractivity contribution in [1.29, 1.82) is 0 Å². The zero-order valence-electron chi connectivity index (χ0n) is 11.7. The normalized spacial score (nSPS) is 26.1. The van der Waals surface area contributed by atoms with Gasteiger partial charge >= 0.3 is 0 Å². The average molecular weight is 273 g/mol. The topological polar surface area (TPSA) is 53.5 Å². The SMILES string of the molecule is CCC1C(=O)N2CCCC2C(=O)N1Cc1ccccn1. The van der Waals surface area contributed by atoms with Crippen LogP contribution in [0.2, 0.25) is 0 Å². The number of rotatable bonds is 3. The summed E-state index contributed by atoms with van der Waals surface area (Å²) >= 11 is 0. The van der Waals surface area contributed by atoms with E-state index in [0.717, 1.165) is 25.1 Å². The molecule has 2 unspecified atom stereocenters. The van der Waals surface area contributed by atoms with Gasteiger partial charge in [0.25, 0.3) is 0 Å². The molecule has 0 bridgehead atoms. The molecule has 2 atom stereocenters. The average Bonchev–Trinajstić information content (AvgIpc) is 2.96. The zero-order valence-corrected chi connectivity index (χ0v) is 11.7. The molecule has 1 aromatic rings. The molecule has 20 heavy (non-hydrogen) atoms. The number of piperazine rings is 1. The number of amides is 2. The van der Waals surface area contributed by atoms with Gasteiger partial charge in [-0.3, -0.25) is 14.6 Å². The smallest absolute Gasteiger partial charge is 0.246 e. The number of carbonyl (C=O) groups excluding carboxylic acids is 2. The number of hydrogen-bond acceptors (Lipinski definition) is 3. The van der Waals surface area contributed by atoms with Gasteiger partial charge in [-0.05, 0) is 31.4 Å². The predicted molar refractivity (Wildman–Crippen MR) is 73.6 cm³/mol. The summed E-state index contributed by atoms with van der Waals surface area (Å²) in [5.41, 5.74) is 0.832. The van der Waals surface area contributed by atoms with Gasteiger partial charge in [-0.1, -0.05) is 13.0 Å². The minimum atomic E-state index is -0.334. The van der Waals surface area contributed by atoms with E-state index < -0.39 is 0 Å². The fourth-order valence-corrected chi connectivity index (χ4v) is 3.21. The molecule has 5 heteroatoms. The van der Waals surface area contributed by atoms with Gasteiger partial charge < -0.3 is 9.80 Å². The van der Waals surface area contributed by atoms with Crippen LogP contribution in [0.3, 0.4) is 0 Å². The Labute approximate surface area is 118 Å². The van der Waals surface area contributed by atoms with E-state index in [4.69, 9.17) is 0 Å². The third-order valence-corrected chi connectivity index (χ3v) is 4.21.